The number of rotatable bonds is 3. The Balaban J connectivity index is 1.50. The average molecular weight is 317 g/mol. The number of nitrogens with zero attached hydrogens (tertiary/aromatic N) is 2. The van der Waals surface area contributed by atoms with Crippen LogP contribution in [0.25, 0.3) is 10.2 Å². The maximum atomic E-state index is 12.6. The molecule has 2 aromatic rings. The molecule has 5 heteroatoms. The summed E-state index contributed by atoms with van der Waals surface area (Å²) < 4.78 is 1.87. The van der Waals surface area contributed by atoms with Crippen LogP contribution in [0, 0.1) is 24.7 Å². The average Bonchev–Trinajstić information content (AvgIpc) is 3.23. The van der Waals surface area contributed by atoms with E-state index in [0.717, 1.165) is 32.6 Å². The van der Waals surface area contributed by atoms with Crippen molar-refractivity contribution in [1.29, 1.82) is 0 Å². The molecule has 4 nitrogen and oxygen atoms in total. The van der Waals surface area contributed by atoms with Crippen molar-refractivity contribution >= 4 is 27.5 Å². The SMILES string of the molecule is Cc1nn(C)c2sc(C(=O)N[C@H](C)[C@H]3C[C@H]4CC[C@H]3C4)cc12. The molecule has 118 valence electrons. The van der Waals surface area contributed by atoms with Crippen molar-refractivity contribution in [3.8, 4) is 0 Å². The van der Waals surface area contributed by atoms with Crippen LogP contribution in [-0.2, 0) is 7.05 Å². The molecule has 0 radical (unpaired) electrons. The number of hydrogen-bond donors (Lipinski definition) is 1. The zero-order valence-electron chi connectivity index (χ0n) is 13.4. The Morgan fingerprint density at radius 3 is 2.91 bits per heavy atom. The van der Waals surface area contributed by atoms with E-state index in [-0.39, 0.29) is 11.9 Å². The largest absolute Gasteiger partial charge is 0.349 e. The highest BCUT2D eigenvalue weighted by atomic mass is 32.1. The predicted octanol–water partition coefficient (Wildman–Crippen LogP) is 3.50. The number of thiophene rings is 1. The fourth-order valence-corrected chi connectivity index (χ4v) is 5.63. The Bertz CT molecular complexity index is 697. The van der Waals surface area contributed by atoms with E-state index in [9.17, 15) is 4.79 Å². The van der Waals surface area contributed by atoms with Gasteiger partial charge in [-0.3, -0.25) is 9.48 Å². The second-order valence-corrected chi connectivity index (χ2v) is 8.17. The maximum absolute atomic E-state index is 12.6. The third-order valence-electron chi connectivity index (χ3n) is 5.71. The summed E-state index contributed by atoms with van der Waals surface area (Å²) in [4.78, 5) is 14.5. The number of aryl methyl sites for hydroxylation is 2. The summed E-state index contributed by atoms with van der Waals surface area (Å²) in [5, 5.41) is 8.75. The van der Waals surface area contributed by atoms with Crippen LogP contribution in [0.1, 0.15) is 48.0 Å². The normalized spacial score (nSPS) is 28.4. The summed E-state index contributed by atoms with van der Waals surface area (Å²) in [6.07, 6.45) is 5.47. The third-order valence-corrected chi connectivity index (χ3v) is 6.91. The van der Waals surface area contributed by atoms with Gasteiger partial charge < -0.3 is 5.32 Å². The summed E-state index contributed by atoms with van der Waals surface area (Å²) >= 11 is 1.54. The molecule has 2 saturated carbocycles. The van der Waals surface area contributed by atoms with Gasteiger partial charge in [0.15, 0.2) is 0 Å². The molecule has 0 unspecified atom stereocenters. The minimum atomic E-state index is 0.0795. The van der Waals surface area contributed by atoms with Gasteiger partial charge in [-0.2, -0.15) is 5.10 Å². The Morgan fingerprint density at radius 2 is 2.27 bits per heavy atom. The van der Waals surface area contributed by atoms with Crippen LogP contribution >= 0.6 is 11.3 Å². The predicted molar refractivity (Wildman–Crippen MR) is 89.2 cm³/mol. The fraction of sp³-hybridized carbons (Fsp3) is 0.647. The van der Waals surface area contributed by atoms with Gasteiger partial charge in [-0.25, -0.2) is 0 Å². The molecule has 22 heavy (non-hydrogen) atoms. The standard InChI is InChI=1S/C17H23N3OS/c1-9(13-7-11-4-5-12(13)6-11)18-16(21)15-8-14-10(2)19-20(3)17(14)22-15/h8-9,11-13H,4-7H2,1-3H3,(H,18,21)/t9-,11+,12+,13-/m1/s1. The molecule has 4 atom stereocenters. The summed E-state index contributed by atoms with van der Waals surface area (Å²) in [6, 6.07) is 2.28. The molecular weight excluding hydrogens is 294 g/mol. The lowest BCUT2D eigenvalue weighted by atomic mass is 9.84. The zero-order valence-corrected chi connectivity index (χ0v) is 14.2. The molecule has 0 spiro atoms. The van der Waals surface area contributed by atoms with Crippen molar-refractivity contribution in [1.82, 2.24) is 15.1 Å². The van der Waals surface area contributed by atoms with E-state index in [1.807, 2.05) is 24.7 Å². The van der Waals surface area contributed by atoms with E-state index in [1.54, 1.807) is 11.3 Å². The van der Waals surface area contributed by atoms with Gasteiger partial charge in [-0.05, 0) is 56.9 Å². The van der Waals surface area contributed by atoms with Crippen molar-refractivity contribution < 1.29 is 4.79 Å². The van der Waals surface area contributed by atoms with Crippen LogP contribution in [0.15, 0.2) is 6.07 Å². The Labute approximate surface area is 134 Å². The Kier molecular flexibility index (Phi) is 3.29. The number of fused-ring (bicyclic) bond motifs is 3. The summed E-state index contributed by atoms with van der Waals surface area (Å²) in [5.74, 6) is 2.53. The minimum absolute atomic E-state index is 0.0795. The van der Waals surface area contributed by atoms with Gasteiger partial charge in [-0.15, -0.1) is 11.3 Å². The summed E-state index contributed by atoms with van der Waals surface area (Å²) in [6.45, 7) is 4.18. The first kappa shape index (κ1) is 14.2. The van der Waals surface area contributed by atoms with Gasteiger partial charge in [0.1, 0.15) is 4.83 Å². The number of carbonyl (C=O) groups is 1. The lowest BCUT2D eigenvalue weighted by Crippen LogP contribution is -2.39. The number of hydrogen-bond acceptors (Lipinski definition) is 3. The molecule has 0 aromatic carbocycles. The zero-order chi connectivity index (χ0) is 15.4. The minimum Gasteiger partial charge on any atom is -0.349 e. The van der Waals surface area contributed by atoms with Gasteiger partial charge in [-0.1, -0.05) is 6.42 Å². The Morgan fingerprint density at radius 1 is 1.45 bits per heavy atom. The van der Waals surface area contributed by atoms with Crippen molar-refractivity contribution in [3.63, 3.8) is 0 Å². The summed E-state index contributed by atoms with van der Waals surface area (Å²) in [7, 11) is 1.94. The molecule has 2 aliphatic rings. The number of aromatic nitrogens is 2. The molecule has 2 bridgehead atoms. The van der Waals surface area contributed by atoms with Gasteiger partial charge in [0.2, 0.25) is 0 Å². The molecular formula is C17H23N3OS. The van der Waals surface area contributed by atoms with E-state index in [4.69, 9.17) is 0 Å². The van der Waals surface area contributed by atoms with Crippen molar-refractivity contribution in [2.75, 3.05) is 0 Å². The fourth-order valence-electron chi connectivity index (χ4n) is 4.61. The smallest absolute Gasteiger partial charge is 0.261 e. The van der Waals surface area contributed by atoms with Crippen molar-refractivity contribution in [2.24, 2.45) is 24.8 Å². The first-order chi connectivity index (χ1) is 10.5. The molecule has 2 fully saturated rings. The first-order valence-corrected chi connectivity index (χ1v) is 9.08. The molecule has 4 rings (SSSR count). The molecule has 2 aliphatic carbocycles. The molecule has 1 N–H and O–H groups in total. The molecule has 2 heterocycles. The van der Waals surface area contributed by atoms with E-state index in [2.05, 4.69) is 17.3 Å². The van der Waals surface area contributed by atoms with Gasteiger partial charge in [0.25, 0.3) is 5.91 Å². The molecule has 2 aromatic heterocycles. The lowest BCUT2D eigenvalue weighted by Gasteiger charge is -2.28. The van der Waals surface area contributed by atoms with Gasteiger partial charge in [0, 0.05) is 18.5 Å². The highest BCUT2D eigenvalue weighted by Gasteiger charge is 2.42. The summed E-state index contributed by atoms with van der Waals surface area (Å²) in [5.41, 5.74) is 0.994. The van der Waals surface area contributed by atoms with E-state index >= 15 is 0 Å². The van der Waals surface area contributed by atoms with Crippen molar-refractivity contribution in [2.45, 2.75) is 45.6 Å². The van der Waals surface area contributed by atoms with Crippen LogP contribution in [0.3, 0.4) is 0 Å². The van der Waals surface area contributed by atoms with Crippen LogP contribution in [0.5, 0.6) is 0 Å². The first-order valence-electron chi connectivity index (χ1n) is 8.27. The lowest BCUT2D eigenvalue weighted by molar-refractivity contribution is 0.0919. The quantitative estimate of drug-likeness (QED) is 0.942. The van der Waals surface area contributed by atoms with Crippen molar-refractivity contribution in [3.05, 3.63) is 16.6 Å². The van der Waals surface area contributed by atoms with Gasteiger partial charge in [0.05, 0.1) is 10.6 Å². The molecule has 0 aliphatic heterocycles. The van der Waals surface area contributed by atoms with Crippen LogP contribution in [0.4, 0.5) is 0 Å². The second-order valence-electron chi connectivity index (χ2n) is 7.14. The topological polar surface area (TPSA) is 46.9 Å². The van der Waals surface area contributed by atoms with Crippen LogP contribution in [0.2, 0.25) is 0 Å². The highest BCUT2D eigenvalue weighted by Crippen LogP contribution is 2.49. The van der Waals surface area contributed by atoms with Crippen LogP contribution in [-0.4, -0.2) is 21.7 Å². The third kappa shape index (κ3) is 2.18. The van der Waals surface area contributed by atoms with E-state index in [0.29, 0.717) is 5.92 Å². The second kappa shape index (κ2) is 5.08. The number of amides is 1. The number of carbonyl (C=O) groups excluding carboxylic acids is 1. The van der Waals surface area contributed by atoms with Crippen LogP contribution < -0.4 is 5.32 Å². The highest BCUT2D eigenvalue weighted by molar-refractivity contribution is 7.20. The number of nitrogens with one attached hydrogen (secondary N) is 1. The molecule has 0 saturated heterocycles. The molecule has 1 amide bonds. The Hall–Kier alpha value is -1.36. The van der Waals surface area contributed by atoms with Gasteiger partial charge >= 0.3 is 0 Å². The van der Waals surface area contributed by atoms with E-state index < -0.39 is 0 Å². The maximum Gasteiger partial charge on any atom is 0.261 e. The monoisotopic (exact) mass is 317 g/mol. The van der Waals surface area contributed by atoms with E-state index in [1.165, 1.54) is 25.7 Å².